The van der Waals surface area contributed by atoms with Crippen LogP contribution in [0, 0.1) is 0 Å². The van der Waals surface area contributed by atoms with Crippen LogP contribution in [0.15, 0.2) is 48.8 Å². The number of hydrogen-bond acceptors (Lipinski definition) is 2. The fourth-order valence-corrected chi connectivity index (χ4v) is 3.04. The van der Waals surface area contributed by atoms with Crippen LogP contribution in [0.5, 0.6) is 0 Å². The van der Waals surface area contributed by atoms with E-state index in [0.29, 0.717) is 12.0 Å². The van der Waals surface area contributed by atoms with Gasteiger partial charge >= 0.3 is 0 Å². The Morgan fingerprint density at radius 3 is 2.86 bits per heavy atom. The van der Waals surface area contributed by atoms with E-state index in [2.05, 4.69) is 4.98 Å². The van der Waals surface area contributed by atoms with Crippen LogP contribution < -0.4 is 0 Å². The van der Waals surface area contributed by atoms with Gasteiger partial charge in [0.2, 0.25) is 0 Å². The van der Waals surface area contributed by atoms with Gasteiger partial charge in [0.1, 0.15) is 0 Å². The number of H-pyrrole nitrogens is 1. The molecule has 21 heavy (non-hydrogen) atoms. The SMILES string of the molecule is O=C(c1cc[nH]c1)N1CCCC1CC(O)c1ccccc1. The first kappa shape index (κ1) is 13.9. The lowest BCUT2D eigenvalue weighted by Gasteiger charge is -2.26. The lowest BCUT2D eigenvalue weighted by Crippen LogP contribution is -2.36. The van der Waals surface area contributed by atoms with Crippen LogP contribution in [0.4, 0.5) is 0 Å². The summed E-state index contributed by atoms with van der Waals surface area (Å²) in [7, 11) is 0. The molecule has 2 N–H and O–H groups in total. The molecular formula is C17H20N2O2. The second-order valence-corrected chi connectivity index (χ2v) is 5.56. The molecule has 4 heteroatoms. The van der Waals surface area contributed by atoms with Crippen molar-refractivity contribution in [2.45, 2.75) is 31.4 Å². The van der Waals surface area contributed by atoms with Crippen molar-refractivity contribution in [3.63, 3.8) is 0 Å². The number of likely N-dealkylation sites (tertiary alicyclic amines) is 1. The Morgan fingerprint density at radius 2 is 2.14 bits per heavy atom. The van der Waals surface area contributed by atoms with Gasteiger partial charge in [0.25, 0.3) is 5.91 Å². The Morgan fingerprint density at radius 1 is 1.33 bits per heavy atom. The highest BCUT2D eigenvalue weighted by Crippen LogP contribution is 2.28. The second kappa shape index (κ2) is 6.14. The van der Waals surface area contributed by atoms with Crippen LogP contribution >= 0.6 is 0 Å². The van der Waals surface area contributed by atoms with Gasteiger partial charge in [-0.2, -0.15) is 0 Å². The van der Waals surface area contributed by atoms with E-state index in [1.807, 2.05) is 35.2 Å². The van der Waals surface area contributed by atoms with Gasteiger partial charge in [-0.25, -0.2) is 0 Å². The monoisotopic (exact) mass is 284 g/mol. The van der Waals surface area contributed by atoms with Crippen molar-refractivity contribution in [1.82, 2.24) is 9.88 Å². The summed E-state index contributed by atoms with van der Waals surface area (Å²) in [6.45, 7) is 0.774. The van der Waals surface area contributed by atoms with E-state index in [-0.39, 0.29) is 11.9 Å². The van der Waals surface area contributed by atoms with Crippen molar-refractivity contribution in [2.24, 2.45) is 0 Å². The summed E-state index contributed by atoms with van der Waals surface area (Å²) in [5, 5.41) is 10.4. The minimum absolute atomic E-state index is 0.0546. The molecule has 1 aliphatic rings. The zero-order valence-electron chi connectivity index (χ0n) is 11.9. The van der Waals surface area contributed by atoms with Crippen LogP contribution in [0.25, 0.3) is 0 Å². The molecule has 1 amide bonds. The zero-order chi connectivity index (χ0) is 14.7. The minimum atomic E-state index is -0.518. The average Bonchev–Trinajstić information content (AvgIpc) is 3.19. The van der Waals surface area contributed by atoms with Crippen LogP contribution in [0.3, 0.4) is 0 Å². The van der Waals surface area contributed by atoms with Crippen LogP contribution in [-0.4, -0.2) is 33.5 Å². The van der Waals surface area contributed by atoms with Crippen molar-refractivity contribution in [3.8, 4) is 0 Å². The molecule has 2 atom stereocenters. The van der Waals surface area contributed by atoms with E-state index in [1.165, 1.54) is 0 Å². The third-order valence-corrected chi connectivity index (χ3v) is 4.16. The van der Waals surface area contributed by atoms with Crippen molar-refractivity contribution in [1.29, 1.82) is 0 Å². The molecule has 4 nitrogen and oxygen atoms in total. The minimum Gasteiger partial charge on any atom is -0.388 e. The number of aromatic nitrogens is 1. The Hall–Kier alpha value is -2.07. The number of amides is 1. The number of aliphatic hydroxyl groups excluding tert-OH is 1. The third kappa shape index (κ3) is 3.00. The molecule has 2 heterocycles. The Kier molecular flexibility index (Phi) is 4.06. The molecule has 3 rings (SSSR count). The molecule has 1 aromatic carbocycles. The lowest BCUT2D eigenvalue weighted by molar-refractivity contribution is 0.0667. The smallest absolute Gasteiger partial charge is 0.255 e. The van der Waals surface area contributed by atoms with Crippen molar-refractivity contribution in [3.05, 3.63) is 59.9 Å². The van der Waals surface area contributed by atoms with Crippen molar-refractivity contribution < 1.29 is 9.90 Å². The van der Waals surface area contributed by atoms with Gasteiger partial charge in [-0.3, -0.25) is 4.79 Å². The quantitative estimate of drug-likeness (QED) is 0.907. The molecule has 1 fully saturated rings. The highest BCUT2D eigenvalue weighted by molar-refractivity contribution is 5.94. The molecular weight excluding hydrogens is 264 g/mol. The molecule has 0 bridgehead atoms. The largest absolute Gasteiger partial charge is 0.388 e. The van der Waals surface area contributed by atoms with E-state index in [9.17, 15) is 9.90 Å². The van der Waals surface area contributed by atoms with Crippen LogP contribution in [-0.2, 0) is 0 Å². The Bertz CT molecular complexity index is 580. The summed E-state index contributed by atoms with van der Waals surface area (Å²) < 4.78 is 0. The Labute approximate surface area is 124 Å². The van der Waals surface area contributed by atoms with E-state index < -0.39 is 6.10 Å². The van der Waals surface area contributed by atoms with Crippen LogP contribution in [0.1, 0.15) is 41.3 Å². The van der Waals surface area contributed by atoms with Gasteiger partial charge < -0.3 is 15.0 Å². The lowest BCUT2D eigenvalue weighted by atomic mass is 10.0. The first-order chi connectivity index (χ1) is 10.3. The van der Waals surface area contributed by atoms with Crippen LogP contribution in [0.2, 0.25) is 0 Å². The summed E-state index contributed by atoms with van der Waals surface area (Å²) in [6.07, 6.45) is 5.53. The molecule has 0 saturated carbocycles. The predicted molar refractivity (Wildman–Crippen MR) is 80.9 cm³/mol. The number of aliphatic hydroxyl groups is 1. The molecule has 110 valence electrons. The number of nitrogens with zero attached hydrogens (tertiary/aromatic N) is 1. The predicted octanol–water partition coefficient (Wildman–Crippen LogP) is 2.74. The summed E-state index contributed by atoms with van der Waals surface area (Å²) >= 11 is 0. The molecule has 0 aliphatic carbocycles. The van der Waals surface area contributed by atoms with Gasteiger partial charge in [-0.05, 0) is 30.9 Å². The fraction of sp³-hybridized carbons (Fsp3) is 0.353. The molecule has 1 saturated heterocycles. The first-order valence-electron chi connectivity index (χ1n) is 7.42. The number of benzene rings is 1. The highest BCUT2D eigenvalue weighted by Gasteiger charge is 2.31. The number of hydrogen-bond donors (Lipinski definition) is 2. The standard InChI is InChI=1S/C17H20N2O2/c20-16(13-5-2-1-3-6-13)11-15-7-4-10-19(15)17(21)14-8-9-18-12-14/h1-3,5-6,8-9,12,15-16,18,20H,4,7,10-11H2. The molecule has 1 aliphatic heterocycles. The van der Waals surface area contributed by atoms with Gasteiger partial charge in [0.15, 0.2) is 0 Å². The Balaban J connectivity index is 1.68. The molecule has 0 radical (unpaired) electrons. The van der Waals surface area contributed by atoms with Gasteiger partial charge in [-0.1, -0.05) is 30.3 Å². The fourth-order valence-electron chi connectivity index (χ4n) is 3.04. The summed E-state index contributed by atoms with van der Waals surface area (Å²) in [6, 6.07) is 11.6. The number of carbonyl (C=O) groups excluding carboxylic acids is 1. The van der Waals surface area contributed by atoms with Gasteiger partial charge in [0.05, 0.1) is 11.7 Å². The molecule has 1 aromatic heterocycles. The molecule has 0 spiro atoms. The topological polar surface area (TPSA) is 56.3 Å². The number of aromatic amines is 1. The van der Waals surface area contributed by atoms with Crippen molar-refractivity contribution >= 4 is 5.91 Å². The second-order valence-electron chi connectivity index (χ2n) is 5.56. The van der Waals surface area contributed by atoms with E-state index >= 15 is 0 Å². The van der Waals surface area contributed by atoms with E-state index in [4.69, 9.17) is 0 Å². The molecule has 2 unspecified atom stereocenters. The number of nitrogens with one attached hydrogen (secondary N) is 1. The summed E-state index contributed by atoms with van der Waals surface area (Å²) in [4.78, 5) is 17.3. The normalized spacial score (nSPS) is 19.7. The maximum Gasteiger partial charge on any atom is 0.255 e. The average molecular weight is 284 g/mol. The number of carbonyl (C=O) groups is 1. The first-order valence-corrected chi connectivity index (χ1v) is 7.42. The highest BCUT2D eigenvalue weighted by atomic mass is 16.3. The van der Waals surface area contributed by atoms with Gasteiger partial charge in [-0.15, -0.1) is 0 Å². The van der Waals surface area contributed by atoms with E-state index in [1.54, 1.807) is 18.5 Å². The summed E-state index contributed by atoms with van der Waals surface area (Å²) in [5.41, 5.74) is 1.61. The maximum absolute atomic E-state index is 12.5. The van der Waals surface area contributed by atoms with Gasteiger partial charge in [0, 0.05) is 25.0 Å². The number of rotatable bonds is 4. The zero-order valence-corrected chi connectivity index (χ0v) is 11.9. The maximum atomic E-state index is 12.5. The van der Waals surface area contributed by atoms with E-state index in [0.717, 1.165) is 24.9 Å². The third-order valence-electron chi connectivity index (χ3n) is 4.16. The van der Waals surface area contributed by atoms with Crippen molar-refractivity contribution in [2.75, 3.05) is 6.54 Å². The molecule has 2 aromatic rings. The summed E-state index contributed by atoms with van der Waals surface area (Å²) in [5.74, 6) is 0.0546.